The maximum Gasteiger partial charge on any atom is 0.209 e. The minimum atomic E-state index is 0.0214. The highest BCUT2D eigenvalue weighted by Gasteiger charge is 2.00. The number of carbonyl (C=O) groups excluding carboxylic acids is 1. The Morgan fingerprint density at radius 3 is 2.50 bits per heavy atom. The van der Waals surface area contributed by atoms with Gasteiger partial charge in [-0.1, -0.05) is 30.3 Å². The van der Waals surface area contributed by atoms with Crippen molar-refractivity contribution in [3.8, 4) is 0 Å². The Morgan fingerprint density at radius 1 is 1.21 bits per heavy atom. The monoisotopic (exact) mass is 193 g/mol. The van der Waals surface area contributed by atoms with E-state index in [0.29, 0.717) is 13.1 Å². The molecule has 0 saturated carbocycles. The van der Waals surface area contributed by atoms with Crippen LogP contribution in [-0.2, 0) is 11.2 Å². The van der Waals surface area contributed by atoms with Gasteiger partial charge in [0.25, 0.3) is 0 Å². The molecule has 3 nitrogen and oxygen atoms in total. The van der Waals surface area contributed by atoms with Gasteiger partial charge >= 0.3 is 0 Å². The Kier molecular flexibility index (Phi) is 4.72. The summed E-state index contributed by atoms with van der Waals surface area (Å²) in [4.78, 5) is 12.1. The zero-order valence-corrected chi connectivity index (χ0v) is 8.10. The molecule has 76 valence electrons. The van der Waals surface area contributed by atoms with Crippen LogP contribution in [0.25, 0.3) is 0 Å². The summed E-state index contributed by atoms with van der Waals surface area (Å²) in [5.74, 6) is 0. The molecule has 0 aromatic heterocycles. The third kappa shape index (κ3) is 3.58. The first-order valence-electron chi connectivity index (χ1n) is 4.71. The van der Waals surface area contributed by atoms with Crippen molar-refractivity contribution >= 4 is 6.41 Å². The first-order valence-corrected chi connectivity index (χ1v) is 4.71. The van der Waals surface area contributed by atoms with Gasteiger partial charge in [0.05, 0.1) is 6.61 Å². The molecule has 1 amide bonds. The lowest BCUT2D eigenvalue weighted by Crippen LogP contribution is -2.27. The van der Waals surface area contributed by atoms with Crippen LogP contribution in [-0.4, -0.2) is 36.1 Å². The molecule has 1 N–H and O–H groups in total. The van der Waals surface area contributed by atoms with E-state index in [1.54, 1.807) is 4.90 Å². The maximum absolute atomic E-state index is 10.5. The van der Waals surface area contributed by atoms with Crippen molar-refractivity contribution in [2.75, 3.05) is 19.7 Å². The van der Waals surface area contributed by atoms with Gasteiger partial charge in [-0.05, 0) is 12.0 Å². The van der Waals surface area contributed by atoms with E-state index >= 15 is 0 Å². The lowest BCUT2D eigenvalue weighted by Gasteiger charge is -2.15. The van der Waals surface area contributed by atoms with Gasteiger partial charge in [-0.2, -0.15) is 0 Å². The van der Waals surface area contributed by atoms with Crippen LogP contribution in [0.4, 0.5) is 0 Å². The number of hydrogen-bond acceptors (Lipinski definition) is 2. The number of benzene rings is 1. The minimum absolute atomic E-state index is 0.0214. The summed E-state index contributed by atoms with van der Waals surface area (Å²) in [6.07, 6.45) is 1.61. The third-order valence-corrected chi connectivity index (χ3v) is 2.07. The van der Waals surface area contributed by atoms with Gasteiger partial charge in [0.2, 0.25) is 6.41 Å². The van der Waals surface area contributed by atoms with Crippen molar-refractivity contribution in [1.82, 2.24) is 4.90 Å². The molecule has 0 radical (unpaired) electrons. The maximum atomic E-state index is 10.5. The molecule has 0 unspecified atom stereocenters. The van der Waals surface area contributed by atoms with Crippen LogP contribution < -0.4 is 0 Å². The molecule has 0 heterocycles. The molecule has 0 spiro atoms. The highest BCUT2D eigenvalue weighted by atomic mass is 16.3. The van der Waals surface area contributed by atoms with Gasteiger partial charge in [-0.25, -0.2) is 0 Å². The lowest BCUT2D eigenvalue weighted by atomic mass is 10.1. The smallest absolute Gasteiger partial charge is 0.209 e. The van der Waals surface area contributed by atoms with Crippen molar-refractivity contribution < 1.29 is 9.90 Å². The van der Waals surface area contributed by atoms with Gasteiger partial charge in [-0.3, -0.25) is 4.79 Å². The second-order valence-electron chi connectivity index (χ2n) is 3.10. The number of aliphatic hydroxyl groups excluding tert-OH is 1. The van der Waals surface area contributed by atoms with Crippen LogP contribution >= 0.6 is 0 Å². The fourth-order valence-electron chi connectivity index (χ4n) is 1.26. The van der Waals surface area contributed by atoms with Gasteiger partial charge < -0.3 is 10.0 Å². The Labute approximate surface area is 84.0 Å². The number of hydrogen-bond donors (Lipinski definition) is 1. The van der Waals surface area contributed by atoms with Crippen LogP contribution in [0.2, 0.25) is 0 Å². The van der Waals surface area contributed by atoms with Crippen LogP contribution in [0.3, 0.4) is 0 Å². The van der Waals surface area contributed by atoms with Crippen LogP contribution in [0.5, 0.6) is 0 Å². The highest BCUT2D eigenvalue weighted by Crippen LogP contribution is 2.00. The standard InChI is InChI=1S/C11H15NO2/c13-9-8-12(10-14)7-6-11-4-2-1-3-5-11/h1-5,10,13H,6-9H2. The lowest BCUT2D eigenvalue weighted by molar-refractivity contribution is -0.118. The normalized spacial score (nSPS) is 9.79. The van der Waals surface area contributed by atoms with E-state index in [1.165, 1.54) is 5.56 Å². The summed E-state index contributed by atoms with van der Waals surface area (Å²) in [6, 6.07) is 9.98. The zero-order chi connectivity index (χ0) is 10.2. The fraction of sp³-hybridized carbons (Fsp3) is 0.364. The molecule has 0 aliphatic rings. The predicted molar refractivity (Wildman–Crippen MR) is 54.9 cm³/mol. The van der Waals surface area contributed by atoms with E-state index in [4.69, 9.17) is 5.11 Å². The Hall–Kier alpha value is -1.35. The Balaban J connectivity index is 2.35. The molecule has 0 aliphatic heterocycles. The van der Waals surface area contributed by atoms with E-state index in [9.17, 15) is 4.79 Å². The van der Waals surface area contributed by atoms with E-state index in [1.807, 2.05) is 30.3 Å². The van der Waals surface area contributed by atoms with E-state index in [2.05, 4.69) is 0 Å². The second kappa shape index (κ2) is 6.16. The fourth-order valence-corrected chi connectivity index (χ4v) is 1.26. The molecule has 0 saturated heterocycles. The number of carbonyl (C=O) groups is 1. The molecule has 1 aromatic rings. The predicted octanol–water partition coefficient (Wildman–Crippen LogP) is 0.680. The zero-order valence-electron chi connectivity index (χ0n) is 8.10. The summed E-state index contributed by atoms with van der Waals surface area (Å²) in [5.41, 5.74) is 1.21. The van der Waals surface area contributed by atoms with Crippen molar-refractivity contribution in [2.45, 2.75) is 6.42 Å². The summed E-state index contributed by atoms with van der Waals surface area (Å²) >= 11 is 0. The highest BCUT2D eigenvalue weighted by molar-refractivity contribution is 5.46. The van der Waals surface area contributed by atoms with E-state index in [0.717, 1.165) is 12.8 Å². The van der Waals surface area contributed by atoms with Gasteiger partial charge in [-0.15, -0.1) is 0 Å². The van der Waals surface area contributed by atoms with E-state index < -0.39 is 0 Å². The third-order valence-electron chi connectivity index (χ3n) is 2.07. The Bertz CT molecular complexity index is 261. The number of amides is 1. The van der Waals surface area contributed by atoms with Crippen molar-refractivity contribution in [1.29, 1.82) is 0 Å². The minimum Gasteiger partial charge on any atom is -0.395 e. The summed E-state index contributed by atoms with van der Waals surface area (Å²) in [7, 11) is 0. The molecule has 0 atom stereocenters. The Morgan fingerprint density at radius 2 is 1.93 bits per heavy atom. The molecule has 1 rings (SSSR count). The van der Waals surface area contributed by atoms with Gasteiger partial charge in [0, 0.05) is 13.1 Å². The average Bonchev–Trinajstić information content (AvgIpc) is 2.25. The van der Waals surface area contributed by atoms with Gasteiger partial charge in [0.1, 0.15) is 0 Å². The largest absolute Gasteiger partial charge is 0.395 e. The molecular weight excluding hydrogens is 178 g/mol. The molecule has 0 fully saturated rings. The van der Waals surface area contributed by atoms with Crippen LogP contribution in [0, 0.1) is 0 Å². The molecule has 3 heteroatoms. The van der Waals surface area contributed by atoms with Crippen LogP contribution in [0.15, 0.2) is 30.3 Å². The molecule has 0 bridgehead atoms. The first kappa shape index (κ1) is 10.7. The molecular formula is C11H15NO2. The van der Waals surface area contributed by atoms with Gasteiger partial charge in [0.15, 0.2) is 0 Å². The average molecular weight is 193 g/mol. The quantitative estimate of drug-likeness (QED) is 0.675. The van der Waals surface area contributed by atoms with E-state index in [-0.39, 0.29) is 6.61 Å². The van der Waals surface area contributed by atoms with Crippen LogP contribution in [0.1, 0.15) is 5.56 Å². The summed E-state index contributed by atoms with van der Waals surface area (Å²) in [6.45, 7) is 1.10. The number of rotatable bonds is 6. The second-order valence-corrected chi connectivity index (χ2v) is 3.10. The van der Waals surface area contributed by atoms with Crippen molar-refractivity contribution in [2.24, 2.45) is 0 Å². The first-order chi connectivity index (χ1) is 6.86. The number of aliphatic hydroxyl groups is 1. The molecule has 0 aliphatic carbocycles. The topological polar surface area (TPSA) is 40.5 Å². The number of nitrogens with zero attached hydrogens (tertiary/aromatic N) is 1. The summed E-state index contributed by atoms with van der Waals surface area (Å²) < 4.78 is 0. The molecule has 1 aromatic carbocycles. The summed E-state index contributed by atoms with van der Waals surface area (Å²) in [5, 5.41) is 8.66. The van der Waals surface area contributed by atoms with Crippen molar-refractivity contribution in [3.63, 3.8) is 0 Å². The van der Waals surface area contributed by atoms with Crippen molar-refractivity contribution in [3.05, 3.63) is 35.9 Å². The SMILES string of the molecule is O=CN(CCO)CCc1ccccc1. The molecule has 14 heavy (non-hydrogen) atoms.